The minimum Gasteiger partial charge on any atom is -0.455 e. The van der Waals surface area contributed by atoms with Gasteiger partial charge in [0, 0.05) is 115 Å². The highest BCUT2D eigenvalue weighted by Crippen LogP contribution is 2.54. The number of fused-ring (bicyclic) bond motifs is 15. The predicted octanol–water partition coefficient (Wildman–Crippen LogP) is 39.1. The fourth-order valence-electron chi connectivity index (χ4n) is 21.0. The van der Waals surface area contributed by atoms with E-state index in [9.17, 15) is 0 Å². The third-order valence-corrected chi connectivity index (χ3v) is 29.3. The highest BCUT2D eigenvalue weighted by molar-refractivity contribution is 7.26. The SMILES string of the molecule is CC1(C)c2ccccc2-c2ccc(N(c3ccc(-c4ccc5ccccc5c4)cc3)c3cc(-c4ccccc4)c4sc5ccccc5c4c3)cc21.c1ccc(-c2ccc(N(c3ccc(-c4ccccc4)cc3)c3cc(-c4ccc5ccccc5c4)c4oc5ccccc5c4c3)cc2)cc1.c1ccc(-c2ccc(N(c3ccccc3)c3cc(-c4ccc5ccccc5c4)c4oc5ccccc5c4c3)cc2)cc1. The summed E-state index contributed by atoms with van der Waals surface area (Å²) in [5, 5.41) is 14.4. The van der Waals surface area contributed by atoms with Gasteiger partial charge in [0.15, 0.2) is 0 Å². The van der Waals surface area contributed by atoms with Crippen LogP contribution >= 0.6 is 11.3 Å². The number of thiophene rings is 1. The molecule has 0 amide bonds. The second kappa shape index (κ2) is 36.3. The first-order chi connectivity index (χ1) is 69.6. The third-order valence-electron chi connectivity index (χ3n) is 28.1. The fourth-order valence-corrected chi connectivity index (χ4v) is 22.2. The normalized spacial score (nSPS) is 12.0. The third kappa shape index (κ3) is 16.1. The highest BCUT2D eigenvalue weighted by atomic mass is 32.1. The number of hydrogen-bond acceptors (Lipinski definition) is 6. The van der Waals surface area contributed by atoms with E-state index < -0.39 is 0 Å². The van der Waals surface area contributed by atoms with Crippen LogP contribution < -0.4 is 14.7 Å². The average molecular weight is 1820 g/mol. The van der Waals surface area contributed by atoms with E-state index in [0.29, 0.717) is 0 Å². The van der Waals surface area contributed by atoms with Crippen LogP contribution in [0.1, 0.15) is 25.0 Å². The summed E-state index contributed by atoms with van der Waals surface area (Å²) in [7, 11) is 0. The standard InChI is InChI=1S/C49H35NS.C46H31NO.C40H27NO/c1-49(2)45-18-10-8-16-40(45)41-27-26-38(31-46(41)49)50(37-24-22-33(23-25-37)36-21-20-32-12-6-7-15-35(32)28-36)39-29-43(34-13-4-3-5-14-34)48-44(30-39)42-17-9-11-19-47(42)51-48;1-3-11-32(12-4-1)35-21-25-39(26-22-35)47(40-27-23-36(24-28-40)33-13-5-2-6-14-33)41-30-43(38-20-19-34-15-7-8-16-37(34)29-38)46-44(31-41)42-17-9-10-18-45(42)48-46;1-3-11-28(12-4-1)30-21-23-34(24-22-30)41(33-15-5-2-6-16-33)35-26-37(32-20-19-29-13-7-8-14-31(29)25-32)40-38(27-35)36-17-9-10-18-39(36)42-40/h3-31H,1-2H3;1-31H;1-27H. The first kappa shape index (κ1) is 84.8. The first-order valence-corrected chi connectivity index (χ1v) is 49.1. The second-order valence-corrected chi connectivity index (χ2v) is 38.0. The van der Waals surface area contributed by atoms with Crippen LogP contribution in [0.3, 0.4) is 0 Å². The van der Waals surface area contributed by atoms with E-state index in [4.69, 9.17) is 8.83 Å². The molecule has 0 saturated carbocycles. The van der Waals surface area contributed by atoms with Crippen molar-refractivity contribution < 1.29 is 8.83 Å². The van der Waals surface area contributed by atoms with Gasteiger partial charge in [-0.2, -0.15) is 0 Å². The molecule has 5 nitrogen and oxygen atoms in total. The molecule has 3 heterocycles. The largest absolute Gasteiger partial charge is 0.455 e. The minimum absolute atomic E-state index is 0.101. The summed E-state index contributed by atoms with van der Waals surface area (Å²) < 4.78 is 15.8. The Morgan fingerprint density at radius 1 is 0.177 bits per heavy atom. The van der Waals surface area contributed by atoms with Gasteiger partial charge >= 0.3 is 0 Å². The maximum atomic E-state index is 6.61. The van der Waals surface area contributed by atoms with Crippen molar-refractivity contribution >= 4 is 159 Å². The van der Waals surface area contributed by atoms with Crippen molar-refractivity contribution in [2.75, 3.05) is 14.7 Å². The van der Waals surface area contributed by atoms with Crippen molar-refractivity contribution in [1.82, 2.24) is 0 Å². The molecular formula is C135H93N3O2S. The number of furan rings is 2. The molecule has 1 aliphatic rings. The van der Waals surface area contributed by atoms with Crippen LogP contribution in [-0.4, -0.2) is 0 Å². The van der Waals surface area contributed by atoms with E-state index in [1.54, 1.807) is 0 Å². The van der Waals surface area contributed by atoms with Gasteiger partial charge in [-0.1, -0.05) is 396 Å². The summed E-state index contributed by atoms with van der Waals surface area (Å²) in [6.07, 6.45) is 0. The van der Waals surface area contributed by atoms with Gasteiger partial charge in [0.1, 0.15) is 22.3 Å². The number of anilines is 9. The molecule has 0 fully saturated rings. The molecule has 0 aliphatic heterocycles. The van der Waals surface area contributed by atoms with Crippen LogP contribution in [0.5, 0.6) is 0 Å². The molecule has 0 bridgehead atoms. The molecule has 6 heteroatoms. The maximum absolute atomic E-state index is 6.61. The number of rotatable bonds is 16. The van der Waals surface area contributed by atoms with Crippen LogP contribution in [0.4, 0.5) is 51.2 Å². The topological polar surface area (TPSA) is 36.0 Å². The summed E-state index contributed by atoms with van der Waals surface area (Å²) in [6, 6.07) is 190. The van der Waals surface area contributed by atoms with E-state index in [1.807, 2.05) is 23.5 Å². The Morgan fingerprint density at radius 3 is 0.950 bits per heavy atom. The van der Waals surface area contributed by atoms with Crippen LogP contribution in [0.15, 0.2) is 537 Å². The van der Waals surface area contributed by atoms with Gasteiger partial charge < -0.3 is 23.5 Å². The van der Waals surface area contributed by atoms with Gasteiger partial charge in [0.05, 0.1) is 0 Å². The molecule has 666 valence electrons. The highest BCUT2D eigenvalue weighted by Gasteiger charge is 2.36. The zero-order chi connectivity index (χ0) is 93.9. The molecule has 1 aliphatic carbocycles. The molecule has 26 aromatic rings. The molecule has 27 rings (SSSR count). The molecule has 141 heavy (non-hydrogen) atoms. The van der Waals surface area contributed by atoms with E-state index in [1.165, 1.54) is 130 Å². The summed E-state index contributed by atoms with van der Waals surface area (Å²) in [6.45, 7) is 4.72. The molecule has 0 atom stereocenters. The number of benzene rings is 23. The molecule has 0 saturated heterocycles. The zero-order valence-electron chi connectivity index (χ0n) is 77.8. The van der Waals surface area contributed by atoms with E-state index in [0.717, 1.165) is 117 Å². The van der Waals surface area contributed by atoms with Crippen LogP contribution in [-0.2, 0) is 5.41 Å². The molecule has 23 aromatic carbocycles. The molecule has 0 spiro atoms. The monoisotopic (exact) mass is 1820 g/mol. The number of hydrogen-bond donors (Lipinski definition) is 0. The smallest absolute Gasteiger partial charge is 0.143 e. The van der Waals surface area contributed by atoms with Crippen molar-refractivity contribution in [2.45, 2.75) is 19.3 Å². The van der Waals surface area contributed by atoms with Gasteiger partial charge in [-0.25, -0.2) is 0 Å². The second-order valence-electron chi connectivity index (χ2n) is 37.0. The lowest BCUT2D eigenvalue weighted by Crippen LogP contribution is -2.16. The fraction of sp³-hybridized carbons (Fsp3) is 0.0222. The van der Waals surface area contributed by atoms with Crippen molar-refractivity contribution in [3.63, 3.8) is 0 Å². The molecule has 0 radical (unpaired) electrons. The molecule has 0 unspecified atom stereocenters. The van der Waals surface area contributed by atoms with Crippen molar-refractivity contribution in [3.05, 3.63) is 539 Å². The van der Waals surface area contributed by atoms with Gasteiger partial charge in [-0.05, 0) is 261 Å². The summed E-state index contributed by atoms with van der Waals surface area (Å²) in [5.41, 5.74) is 35.3. The Bertz CT molecular complexity index is 9090. The molecular weight excluding hydrogens is 1730 g/mol. The lowest BCUT2D eigenvalue weighted by Gasteiger charge is -2.29. The lowest BCUT2D eigenvalue weighted by atomic mass is 9.82. The van der Waals surface area contributed by atoms with Gasteiger partial charge in [-0.3, -0.25) is 0 Å². The van der Waals surface area contributed by atoms with Crippen LogP contribution in [0.25, 0.3) is 185 Å². The maximum Gasteiger partial charge on any atom is 0.143 e. The van der Waals surface area contributed by atoms with E-state index in [-0.39, 0.29) is 5.41 Å². The Balaban J connectivity index is 0.000000112. The van der Waals surface area contributed by atoms with E-state index in [2.05, 4.69) is 544 Å². The summed E-state index contributed by atoms with van der Waals surface area (Å²) in [4.78, 5) is 7.15. The van der Waals surface area contributed by atoms with Crippen molar-refractivity contribution in [2.24, 2.45) is 0 Å². The predicted molar refractivity (Wildman–Crippen MR) is 599 cm³/mol. The van der Waals surface area contributed by atoms with Crippen LogP contribution in [0, 0.1) is 0 Å². The Labute approximate surface area is 823 Å². The van der Waals surface area contributed by atoms with E-state index >= 15 is 0 Å². The van der Waals surface area contributed by atoms with Crippen LogP contribution in [0.2, 0.25) is 0 Å². The van der Waals surface area contributed by atoms with Crippen molar-refractivity contribution in [3.8, 4) is 89.0 Å². The average Bonchev–Trinajstić information content (AvgIpc) is 1.58. The van der Waals surface area contributed by atoms with Gasteiger partial charge in [0.2, 0.25) is 0 Å². The first-order valence-electron chi connectivity index (χ1n) is 48.3. The summed E-state index contributed by atoms with van der Waals surface area (Å²) >= 11 is 1.89. The lowest BCUT2D eigenvalue weighted by molar-refractivity contribution is 0.660. The minimum atomic E-state index is -0.101. The Hall–Kier alpha value is -17.9. The summed E-state index contributed by atoms with van der Waals surface area (Å²) in [5.74, 6) is 0. The number of nitrogens with zero attached hydrogens (tertiary/aromatic N) is 3. The molecule has 3 aromatic heterocycles. The number of para-hydroxylation sites is 3. The zero-order valence-corrected chi connectivity index (χ0v) is 78.6. The Kier molecular flexibility index (Phi) is 21.8. The Morgan fingerprint density at radius 2 is 0.489 bits per heavy atom. The quantitative estimate of drug-likeness (QED) is 0.0963. The molecule has 0 N–H and O–H groups in total. The van der Waals surface area contributed by atoms with Crippen molar-refractivity contribution in [1.29, 1.82) is 0 Å². The van der Waals surface area contributed by atoms with Gasteiger partial charge in [0.25, 0.3) is 0 Å². The van der Waals surface area contributed by atoms with Gasteiger partial charge in [-0.15, -0.1) is 11.3 Å².